The number of fused-ring (bicyclic) bond motifs is 2. The number of aromatic nitrogens is 2. The molecule has 2 fully saturated rings. The predicted molar refractivity (Wildman–Crippen MR) is 224 cm³/mol. The van der Waals surface area contributed by atoms with Gasteiger partial charge in [0.2, 0.25) is 17.7 Å². The number of nitrogens with one attached hydrogen (secondary N) is 2. The first-order valence-electron chi connectivity index (χ1n) is 20.4. The van der Waals surface area contributed by atoms with E-state index in [2.05, 4.69) is 32.4 Å². The smallest absolute Gasteiger partial charge is 0.416 e. The van der Waals surface area contributed by atoms with Crippen LogP contribution in [0.2, 0.25) is 0 Å². The van der Waals surface area contributed by atoms with Crippen LogP contribution in [-0.2, 0) is 25.3 Å². The zero-order valence-electron chi connectivity index (χ0n) is 35.1. The first-order chi connectivity index (χ1) is 30.0. The lowest BCUT2D eigenvalue weighted by Gasteiger charge is -2.27. The summed E-state index contributed by atoms with van der Waals surface area (Å²) in [5.74, 6) is 5.07. The van der Waals surface area contributed by atoms with Gasteiger partial charge < -0.3 is 30.2 Å². The Morgan fingerprint density at radius 1 is 1.08 bits per heavy atom. The molecule has 0 spiro atoms. The number of rotatable bonds is 15. The van der Waals surface area contributed by atoms with Crippen molar-refractivity contribution in [3.8, 4) is 23.3 Å². The number of methoxy groups -OCH3 is 1. The van der Waals surface area contributed by atoms with E-state index in [1.807, 2.05) is 0 Å². The lowest BCUT2D eigenvalue weighted by atomic mass is 10.0. The molecule has 5 amide bonds. The Labute approximate surface area is 360 Å². The molecule has 63 heavy (non-hydrogen) atoms. The van der Waals surface area contributed by atoms with Crippen LogP contribution in [0.15, 0.2) is 48.5 Å². The van der Waals surface area contributed by atoms with Crippen molar-refractivity contribution in [1.82, 2.24) is 25.1 Å². The van der Waals surface area contributed by atoms with Crippen LogP contribution in [-0.4, -0.2) is 95.9 Å². The Bertz CT molecular complexity index is 2570. The van der Waals surface area contributed by atoms with Crippen molar-refractivity contribution in [3.05, 3.63) is 82.2 Å². The molecule has 7 rings (SSSR count). The van der Waals surface area contributed by atoms with Gasteiger partial charge in [0.1, 0.15) is 17.7 Å². The Hall–Kier alpha value is -6.74. The van der Waals surface area contributed by atoms with E-state index in [4.69, 9.17) is 19.9 Å². The molecule has 2 aliphatic heterocycles. The van der Waals surface area contributed by atoms with E-state index >= 15 is 0 Å². The number of anilines is 2. The van der Waals surface area contributed by atoms with Crippen LogP contribution in [0.3, 0.4) is 0 Å². The second-order valence-corrected chi connectivity index (χ2v) is 16.0. The number of hydrogen-bond acceptors (Lipinski definition) is 12. The van der Waals surface area contributed by atoms with Crippen LogP contribution in [0.4, 0.5) is 24.7 Å². The van der Waals surface area contributed by atoms with Gasteiger partial charge in [-0.1, -0.05) is 17.9 Å². The third-order valence-corrected chi connectivity index (χ3v) is 11.3. The number of halogens is 3. The minimum Gasteiger partial charge on any atom is -0.493 e. The van der Waals surface area contributed by atoms with Gasteiger partial charge in [-0.05, 0) is 75.1 Å². The highest BCUT2D eigenvalue weighted by Crippen LogP contribution is 2.47. The van der Waals surface area contributed by atoms with E-state index in [1.165, 1.54) is 19.2 Å². The first-order valence-corrected chi connectivity index (χ1v) is 20.4. The number of hydrogen-bond donors (Lipinski definition) is 3. The molecule has 1 aliphatic carbocycles. The van der Waals surface area contributed by atoms with Crippen molar-refractivity contribution in [1.29, 1.82) is 0 Å². The molecule has 1 saturated heterocycles. The Balaban J connectivity index is 0.906. The highest BCUT2D eigenvalue weighted by atomic mass is 19.4. The molecule has 330 valence electrons. The molecule has 3 aliphatic rings. The number of piperidine rings is 1. The van der Waals surface area contributed by atoms with E-state index < -0.39 is 47.5 Å². The van der Waals surface area contributed by atoms with Crippen LogP contribution in [0.5, 0.6) is 11.5 Å². The number of aryl methyl sites for hydroxylation is 1. The van der Waals surface area contributed by atoms with Crippen LogP contribution in [0.25, 0.3) is 10.9 Å². The van der Waals surface area contributed by atoms with E-state index in [0.717, 1.165) is 29.9 Å². The zero-order chi connectivity index (χ0) is 45.2. The van der Waals surface area contributed by atoms with Crippen molar-refractivity contribution in [2.75, 3.05) is 51.6 Å². The number of nitrogen functional groups attached to an aromatic ring is 1. The van der Waals surface area contributed by atoms with Gasteiger partial charge in [0.15, 0.2) is 11.5 Å². The van der Waals surface area contributed by atoms with E-state index in [1.54, 1.807) is 50.1 Å². The molecule has 1 saturated carbocycles. The van der Waals surface area contributed by atoms with Crippen molar-refractivity contribution in [2.45, 2.75) is 70.6 Å². The predicted octanol–water partition coefficient (Wildman–Crippen LogP) is 5.59. The zero-order valence-corrected chi connectivity index (χ0v) is 35.1. The summed E-state index contributed by atoms with van der Waals surface area (Å²) in [6.07, 6.45) is -2.38. The van der Waals surface area contributed by atoms with Crippen LogP contribution >= 0.6 is 0 Å². The third kappa shape index (κ3) is 9.83. The fraction of sp³-hybridized carbons (Fsp3) is 0.400. The Morgan fingerprint density at radius 2 is 1.86 bits per heavy atom. The summed E-state index contributed by atoms with van der Waals surface area (Å²) in [6, 6.07) is 9.95. The first kappa shape index (κ1) is 44.3. The SMILES string of the molecule is COc1cc2nc(C)nc(N[C@H](C)c3cc(N)cc(C(F)(F)F)c3)c2cc1OCC1(CN(C)C(=O)CCOCCC#Cc2cccc3c2C(=O)N(C2CCC(=O)NC2=O)C3=O)CC1. The molecule has 2 atom stereocenters. The molecule has 4 N–H and O–H groups in total. The number of nitrogens with two attached hydrogens (primary N) is 1. The Morgan fingerprint density at radius 3 is 2.57 bits per heavy atom. The van der Waals surface area contributed by atoms with Gasteiger partial charge in [0.05, 0.1) is 61.6 Å². The molecule has 1 unspecified atom stereocenters. The fourth-order valence-corrected chi connectivity index (χ4v) is 7.71. The van der Waals surface area contributed by atoms with Crippen LogP contribution < -0.4 is 25.8 Å². The maximum absolute atomic E-state index is 13.5. The molecule has 0 bridgehead atoms. The number of amides is 5. The molecule has 18 heteroatoms. The van der Waals surface area contributed by atoms with Gasteiger partial charge in [0, 0.05) is 54.6 Å². The van der Waals surface area contributed by atoms with E-state index in [9.17, 15) is 37.1 Å². The second kappa shape index (κ2) is 17.9. The maximum atomic E-state index is 13.5. The van der Waals surface area contributed by atoms with Gasteiger partial charge in [0.25, 0.3) is 11.8 Å². The number of nitrogens with zero attached hydrogens (tertiary/aromatic N) is 4. The minimum atomic E-state index is -4.56. The van der Waals surface area contributed by atoms with Crippen LogP contribution in [0, 0.1) is 24.2 Å². The largest absolute Gasteiger partial charge is 0.493 e. The average Bonchev–Trinajstić information content (AvgIpc) is 3.95. The lowest BCUT2D eigenvalue weighted by Crippen LogP contribution is -2.54. The number of alkyl halides is 3. The monoisotopic (exact) mass is 869 g/mol. The lowest BCUT2D eigenvalue weighted by molar-refractivity contribution is -0.138. The average molecular weight is 870 g/mol. The van der Waals surface area contributed by atoms with E-state index in [0.29, 0.717) is 58.1 Å². The molecule has 0 radical (unpaired) electrons. The third-order valence-electron chi connectivity index (χ3n) is 11.3. The summed E-state index contributed by atoms with van der Waals surface area (Å²) in [5.41, 5.74) is 6.17. The molecule has 1 aromatic heterocycles. The number of carbonyl (C=O) groups is 5. The summed E-state index contributed by atoms with van der Waals surface area (Å²) in [5, 5.41) is 5.98. The quantitative estimate of drug-likeness (QED) is 0.0581. The van der Waals surface area contributed by atoms with Crippen molar-refractivity contribution in [3.63, 3.8) is 0 Å². The van der Waals surface area contributed by atoms with Gasteiger partial charge in [-0.2, -0.15) is 13.2 Å². The Kier molecular flexibility index (Phi) is 12.6. The topological polar surface area (TPSA) is 195 Å². The second-order valence-electron chi connectivity index (χ2n) is 16.0. The van der Waals surface area contributed by atoms with Gasteiger partial charge in [-0.15, -0.1) is 0 Å². The standard InChI is InChI=1S/C45H46F3N7O8/c1-25(28-18-29(45(46,47)48)20-30(49)19-28)50-40-32-21-36(35(61-4)22-33(32)51-26(2)52-40)63-24-44(14-15-44)23-54(3)38(57)13-17-62-16-6-5-8-27-9-7-10-31-39(27)43(60)55(42(31)59)34-11-12-37(56)53-41(34)58/h7,9-10,18-22,25,34H,6,11-17,23-24,49H2,1-4H3,(H,50,51,52)(H,53,56,58)/t25-,34?/m1/s1. The molecule has 4 aromatic rings. The van der Waals surface area contributed by atoms with Gasteiger partial charge >= 0.3 is 6.18 Å². The molecule has 3 heterocycles. The summed E-state index contributed by atoms with van der Waals surface area (Å²) in [7, 11) is 3.24. The van der Waals surface area contributed by atoms with Gasteiger partial charge in [-0.25, -0.2) is 9.97 Å². The van der Waals surface area contributed by atoms with Crippen molar-refractivity contribution >= 4 is 51.9 Å². The summed E-state index contributed by atoms with van der Waals surface area (Å²) in [4.78, 5) is 75.1. The molecule has 15 nitrogen and oxygen atoms in total. The van der Waals surface area contributed by atoms with Crippen molar-refractivity contribution < 1.29 is 51.4 Å². The number of imide groups is 2. The van der Waals surface area contributed by atoms with Crippen molar-refractivity contribution in [2.24, 2.45) is 5.41 Å². The molecular formula is C45H46F3N7O8. The summed E-state index contributed by atoms with van der Waals surface area (Å²) in [6.45, 7) is 4.54. The normalized spacial score (nSPS) is 17.1. The minimum absolute atomic E-state index is 0.0101. The fourth-order valence-electron chi connectivity index (χ4n) is 7.71. The maximum Gasteiger partial charge on any atom is 0.416 e. The van der Waals surface area contributed by atoms with Gasteiger partial charge in [-0.3, -0.25) is 34.2 Å². The number of carbonyl (C=O) groups excluding carboxylic acids is 5. The highest BCUT2D eigenvalue weighted by Gasteiger charge is 2.46. The number of benzene rings is 3. The number of ether oxygens (including phenoxy) is 3. The van der Waals surface area contributed by atoms with E-state index in [-0.39, 0.29) is 67.2 Å². The highest BCUT2D eigenvalue weighted by molar-refractivity contribution is 6.24. The molecule has 3 aromatic carbocycles. The molecular weight excluding hydrogens is 824 g/mol. The summed E-state index contributed by atoms with van der Waals surface area (Å²) >= 11 is 0. The van der Waals surface area contributed by atoms with Crippen LogP contribution in [0.1, 0.15) is 94.7 Å². The summed E-state index contributed by atoms with van der Waals surface area (Å²) < 4.78 is 58.3.